The monoisotopic (exact) mass is 1540 g/mol. The first-order valence-corrected chi connectivity index (χ1v) is 37.7. The molecule has 3 aliphatic heterocycles. The van der Waals surface area contributed by atoms with E-state index in [0.717, 1.165) is 228 Å². The van der Waals surface area contributed by atoms with Crippen LogP contribution in [-0.4, -0.2) is 131 Å². The summed E-state index contributed by atoms with van der Waals surface area (Å²) < 4.78 is 35.9. The maximum atomic E-state index is 7.12. The van der Waals surface area contributed by atoms with Gasteiger partial charge in [-0.15, -0.1) is 37.2 Å². The molecule has 0 radical (unpaired) electrons. The van der Waals surface area contributed by atoms with Gasteiger partial charge in [0, 0.05) is 78.0 Å². The highest BCUT2D eigenvalue weighted by Gasteiger charge is 2.26. The molecule has 3 saturated heterocycles. The van der Waals surface area contributed by atoms with Crippen molar-refractivity contribution in [2.24, 2.45) is 17.8 Å². The fraction of sp³-hybridized carbons (Fsp3) is 0.402. The summed E-state index contributed by atoms with van der Waals surface area (Å²) >= 11 is 0. The molecule has 0 bridgehead atoms. The normalized spacial score (nSPS) is 14.3. The minimum Gasteiger partial charge on any atom is -0.489 e. The third kappa shape index (κ3) is 23.8. The number of nitrogens with zero attached hydrogens (tertiary/aromatic N) is 13. The first-order chi connectivity index (χ1) is 52.3. The molecule has 8 heterocycles. The largest absolute Gasteiger partial charge is 0.489 e. The van der Waals surface area contributed by atoms with Crippen LogP contribution in [0.1, 0.15) is 120 Å². The van der Waals surface area contributed by atoms with Crippen molar-refractivity contribution in [3.05, 3.63) is 254 Å². The van der Waals surface area contributed by atoms with Crippen LogP contribution in [0.5, 0.6) is 17.2 Å². The van der Waals surface area contributed by atoms with Gasteiger partial charge < -0.3 is 47.8 Å². The summed E-state index contributed by atoms with van der Waals surface area (Å²) in [6.45, 7) is 33.5. The fourth-order valence-corrected chi connectivity index (χ4v) is 14.7. The molecule has 0 saturated carbocycles. The quantitative estimate of drug-likeness (QED) is 0.0458. The highest BCUT2D eigenvalue weighted by atomic mass is 35.5. The number of fused-ring (bicyclic) bond motifs is 3. The summed E-state index contributed by atoms with van der Waals surface area (Å²) in [7, 11) is 12.4. The van der Waals surface area contributed by atoms with E-state index in [9.17, 15) is 0 Å². The van der Waals surface area contributed by atoms with Crippen molar-refractivity contribution < 1.29 is 27.8 Å². The fourth-order valence-electron chi connectivity index (χ4n) is 14.7. The van der Waals surface area contributed by atoms with Crippen LogP contribution in [0.2, 0.25) is 0 Å². The number of aryl methyl sites for hydroxylation is 3. The van der Waals surface area contributed by atoms with Gasteiger partial charge in [0.15, 0.2) is 33.8 Å². The molecular weight excluding hydrogens is 1440 g/mol. The number of piperidine rings is 3. The number of halogens is 3. The van der Waals surface area contributed by atoms with Crippen LogP contribution >= 0.6 is 37.2 Å². The number of rotatable bonds is 28. The van der Waals surface area contributed by atoms with Crippen LogP contribution in [0.3, 0.4) is 0 Å². The Labute approximate surface area is 666 Å². The lowest BCUT2D eigenvalue weighted by Crippen LogP contribution is -2.33. The van der Waals surface area contributed by atoms with Crippen molar-refractivity contribution in [2.45, 2.75) is 130 Å². The average molecular weight is 1550 g/mol. The Hall–Kier alpha value is -9.47. The smallest absolute Gasteiger partial charge is 0.187 e. The molecule has 0 unspecified atom stereocenters. The van der Waals surface area contributed by atoms with Crippen molar-refractivity contribution >= 4 is 87.2 Å². The number of hydrogen-bond acceptors (Lipinski definition) is 17. The zero-order valence-electron chi connectivity index (χ0n) is 64.1. The zero-order chi connectivity index (χ0) is 74.3. The lowest BCUT2D eigenvalue weighted by Gasteiger charge is -2.31. The van der Waals surface area contributed by atoms with Gasteiger partial charge in [0.2, 0.25) is 0 Å². The Bertz CT molecular complexity index is 4530. The highest BCUT2D eigenvalue weighted by molar-refractivity contribution is 5.86. The third-order valence-corrected chi connectivity index (χ3v) is 20.7. The van der Waals surface area contributed by atoms with Gasteiger partial charge in [-0.05, 0) is 272 Å². The molecule has 3 fully saturated rings. The Morgan fingerprint density at radius 1 is 0.409 bits per heavy atom. The first-order valence-electron chi connectivity index (χ1n) is 37.7. The van der Waals surface area contributed by atoms with Crippen molar-refractivity contribution in [3.63, 3.8) is 0 Å². The molecule has 0 amide bonds. The summed E-state index contributed by atoms with van der Waals surface area (Å²) in [6.07, 6.45) is 17.4. The number of likely N-dealkylation sites (tertiary alicyclic amines) is 2. The van der Waals surface area contributed by atoms with E-state index in [1.807, 2.05) is 60.9 Å². The van der Waals surface area contributed by atoms with E-state index in [1.54, 1.807) is 36.4 Å². The van der Waals surface area contributed by atoms with Gasteiger partial charge in [-0.1, -0.05) is 82.2 Å². The zero-order valence-corrected chi connectivity index (χ0v) is 66.6. The SMILES string of the molecule is Cl.Cl.Cl.[C-]#[N+]c1ccc(OCc2ccc3c(CCC4CCN(Cc5ccccn5)CC4)noc3c2CN(C)C)cc1.[C-]#[N+]c1ccc(OCc2ccc3c(CCC4CCN(Cc5ccccn5)CC4)noc3c2CN(C)C)cc1.[C-]#[N+]c1ccc(OCc2ccc3c(CCC4CCNCC4)noc3c2CN(C)C)cc1. The number of pyridine rings is 2. The number of nitrogens with one attached hydrogen (secondary N) is 1. The average Bonchev–Trinajstić information content (AvgIpc) is 1.63. The van der Waals surface area contributed by atoms with E-state index < -0.39 is 0 Å². The molecule has 23 heteroatoms. The summed E-state index contributed by atoms with van der Waals surface area (Å²) in [5, 5.41) is 20.3. The molecule has 0 spiro atoms. The van der Waals surface area contributed by atoms with Crippen molar-refractivity contribution in [3.8, 4) is 17.2 Å². The standard InChI is InChI=1S/2C31H35N5O2.C25H30N4O2.3ClH/c2*1-32-25-9-11-27(12-10-25)37-22-24-8-13-28-30(34-38-31(28)29(24)21-35(2)3)14-7-23-15-18-36(19-16-23)20-26-6-4-5-17-33-26;1-26-20-6-8-21(9-7-20)30-17-19-5-10-22-24(11-4-18-12-14-27-15-13-18)28-31-25(22)23(19)16-29(2)3;;;/h2*4-6,8-13,17,23H,7,14-16,18-22H2,2-3H3;5-10,18,27H,4,11-17H2,2-3H3;3*1H. The van der Waals surface area contributed by atoms with Gasteiger partial charge >= 0.3 is 0 Å². The second-order valence-corrected chi connectivity index (χ2v) is 29.4. The Balaban J connectivity index is 0.000000188. The van der Waals surface area contributed by atoms with E-state index in [4.69, 9.17) is 47.5 Å². The Morgan fingerprint density at radius 3 is 1.00 bits per heavy atom. The van der Waals surface area contributed by atoms with Crippen LogP contribution in [-0.2, 0) is 71.8 Å². The molecule has 14 rings (SSSR count). The van der Waals surface area contributed by atoms with Gasteiger partial charge in [-0.3, -0.25) is 19.8 Å². The summed E-state index contributed by atoms with van der Waals surface area (Å²) in [6, 6.07) is 46.8. The van der Waals surface area contributed by atoms with Crippen molar-refractivity contribution in [1.29, 1.82) is 0 Å². The highest BCUT2D eigenvalue weighted by Crippen LogP contribution is 2.35. The summed E-state index contributed by atoms with van der Waals surface area (Å²) in [4.78, 5) is 30.7. The van der Waals surface area contributed by atoms with Gasteiger partial charge in [0.05, 0.1) is 48.2 Å². The Morgan fingerprint density at radius 2 is 0.718 bits per heavy atom. The van der Waals surface area contributed by atoms with E-state index in [0.29, 0.717) is 48.7 Å². The van der Waals surface area contributed by atoms with Gasteiger partial charge in [0.25, 0.3) is 0 Å². The molecule has 110 heavy (non-hydrogen) atoms. The molecule has 3 aliphatic rings. The molecule has 20 nitrogen and oxygen atoms in total. The Kier molecular flexibility index (Phi) is 32.8. The lowest BCUT2D eigenvalue weighted by atomic mass is 9.91. The van der Waals surface area contributed by atoms with Gasteiger partial charge in [0.1, 0.15) is 37.1 Å². The number of benzene rings is 6. The van der Waals surface area contributed by atoms with Crippen LogP contribution in [0.4, 0.5) is 17.1 Å². The van der Waals surface area contributed by atoms with E-state index in [-0.39, 0.29) is 37.2 Å². The first kappa shape index (κ1) is 84.5. The van der Waals surface area contributed by atoms with Crippen LogP contribution < -0.4 is 19.5 Å². The number of aromatic nitrogens is 5. The second-order valence-electron chi connectivity index (χ2n) is 29.4. The molecule has 6 aromatic carbocycles. The van der Waals surface area contributed by atoms with E-state index in [1.165, 1.54) is 38.5 Å². The minimum atomic E-state index is 0. The van der Waals surface area contributed by atoms with Crippen LogP contribution in [0.25, 0.3) is 47.4 Å². The molecule has 11 aromatic rings. The van der Waals surface area contributed by atoms with Crippen molar-refractivity contribution in [1.82, 2.24) is 55.3 Å². The number of hydrogen-bond donors (Lipinski definition) is 1. The molecule has 1 N–H and O–H groups in total. The van der Waals surface area contributed by atoms with Crippen LogP contribution in [0.15, 0.2) is 172 Å². The second kappa shape index (κ2) is 42.6. The number of ether oxygens (including phenoxy) is 3. The molecule has 0 atom stereocenters. The molecule has 0 aliphatic carbocycles. The van der Waals surface area contributed by atoms with Gasteiger partial charge in [-0.2, -0.15) is 0 Å². The maximum Gasteiger partial charge on any atom is 0.187 e. The molecule has 5 aromatic heterocycles. The predicted molar refractivity (Wildman–Crippen MR) is 442 cm³/mol. The predicted octanol–water partition coefficient (Wildman–Crippen LogP) is 18.7. The third-order valence-electron chi connectivity index (χ3n) is 20.7. The molecular formula is C87H103Cl3N14O6. The maximum absolute atomic E-state index is 7.12. The van der Waals surface area contributed by atoms with Crippen LogP contribution in [0, 0.1) is 37.5 Å². The molecule has 578 valence electrons. The van der Waals surface area contributed by atoms with E-state index in [2.05, 4.69) is 173 Å². The van der Waals surface area contributed by atoms with Gasteiger partial charge in [-0.25, -0.2) is 14.5 Å². The lowest BCUT2D eigenvalue weighted by molar-refractivity contribution is 0.170. The van der Waals surface area contributed by atoms with Crippen molar-refractivity contribution in [2.75, 3.05) is 81.6 Å². The topological polar surface area (TPSA) is 173 Å². The minimum absolute atomic E-state index is 0. The summed E-state index contributed by atoms with van der Waals surface area (Å²) in [5.41, 5.74) is 16.5. The summed E-state index contributed by atoms with van der Waals surface area (Å²) in [5.74, 6) is 4.45. The van der Waals surface area contributed by atoms with E-state index >= 15 is 0 Å².